The summed E-state index contributed by atoms with van der Waals surface area (Å²) in [4.78, 5) is 13.2. The standard InChI is InChI=1S/C24H27NO4S.C8H9NO2S/c1-18-16-20-8-4-5-9-22(20)25(18)17-19-10-12-21(13-11-19)30(27,28)24(23(26)29-2)14-6-3-7-15-24;10-12(11)6-5-9-7-3-1-2-4-8(7)12/h4-5,8-13,16H,3,6-7,14-15,17H2,1-2H3;1-4,9H,5-6H2. The van der Waals surface area contributed by atoms with E-state index >= 15 is 0 Å². The van der Waals surface area contributed by atoms with Gasteiger partial charge in [0.25, 0.3) is 0 Å². The van der Waals surface area contributed by atoms with Crippen molar-refractivity contribution in [3.8, 4) is 0 Å². The van der Waals surface area contributed by atoms with E-state index in [9.17, 15) is 21.6 Å². The molecule has 6 rings (SSSR count). The van der Waals surface area contributed by atoms with Gasteiger partial charge in [0.2, 0.25) is 0 Å². The Morgan fingerprint density at radius 2 is 1.62 bits per heavy atom. The van der Waals surface area contributed by atoms with E-state index in [0.717, 1.165) is 28.9 Å². The molecule has 3 aromatic carbocycles. The number of aryl methyl sites for hydroxylation is 1. The first-order chi connectivity index (χ1) is 20.1. The Morgan fingerprint density at radius 3 is 2.31 bits per heavy atom. The van der Waals surface area contributed by atoms with Crippen molar-refractivity contribution in [3.05, 3.63) is 90.1 Å². The van der Waals surface area contributed by atoms with E-state index in [0.29, 0.717) is 43.7 Å². The summed E-state index contributed by atoms with van der Waals surface area (Å²) in [6, 6.07) is 24.3. The molecule has 0 saturated heterocycles. The van der Waals surface area contributed by atoms with E-state index in [2.05, 4.69) is 35.0 Å². The average molecular weight is 609 g/mol. The van der Waals surface area contributed by atoms with Gasteiger partial charge in [-0.3, -0.25) is 4.79 Å². The number of anilines is 1. The molecule has 1 N–H and O–H groups in total. The summed E-state index contributed by atoms with van der Waals surface area (Å²) in [7, 11) is -5.58. The summed E-state index contributed by atoms with van der Waals surface area (Å²) in [6.07, 6.45) is 3.01. The van der Waals surface area contributed by atoms with Crippen molar-refractivity contribution in [1.29, 1.82) is 0 Å². The number of carbonyl (C=O) groups is 1. The maximum Gasteiger partial charge on any atom is 0.327 e. The molecule has 8 nitrogen and oxygen atoms in total. The van der Waals surface area contributed by atoms with Crippen LogP contribution >= 0.6 is 0 Å². The number of rotatable bonds is 5. The molecule has 0 radical (unpaired) electrons. The molecule has 0 atom stereocenters. The van der Waals surface area contributed by atoms with E-state index in [1.807, 2.05) is 30.3 Å². The maximum absolute atomic E-state index is 13.5. The Bertz CT molecular complexity index is 1800. The van der Waals surface area contributed by atoms with Crippen LogP contribution in [0.1, 0.15) is 43.4 Å². The lowest BCUT2D eigenvalue weighted by Crippen LogP contribution is -2.48. The van der Waals surface area contributed by atoms with Crippen LogP contribution in [-0.4, -0.2) is 51.5 Å². The van der Waals surface area contributed by atoms with Crippen LogP contribution in [0.4, 0.5) is 5.69 Å². The molecule has 1 aliphatic heterocycles. The lowest BCUT2D eigenvalue weighted by molar-refractivity contribution is -0.144. The minimum Gasteiger partial charge on any atom is -0.468 e. The number of carbonyl (C=O) groups excluding carboxylic acids is 1. The number of esters is 1. The van der Waals surface area contributed by atoms with Crippen LogP contribution in [-0.2, 0) is 35.8 Å². The number of ether oxygens (including phenoxy) is 1. The second-order valence-electron chi connectivity index (χ2n) is 10.9. The lowest BCUT2D eigenvalue weighted by Gasteiger charge is -2.33. The molecule has 0 bridgehead atoms. The van der Waals surface area contributed by atoms with E-state index in [-0.39, 0.29) is 10.6 Å². The molecule has 4 aromatic rings. The van der Waals surface area contributed by atoms with Crippen LogP contribution in [0, 0.1) is 6.92 Å². The molecule has 0 amide bonds. The highest BCUT2D eigenvalue weighted by atomic mass is 32.2. The largest absolute Gasteiger partial charge is 0.468 e. The zero-order valence-electron chi connectivity index (χ0n) is 23.9. The summed E-state index contributed by atoms with van der Waals surface area (Å²) < 4.78 is 55.5. The van der Waals surface area contributed by atoms with Crippen molar-refractivity contribution in [3.63, 3.8) is 0 Å². The number of benzene rings is 3. The topological polar surface area (TPSA) is 112 Å². The SMILES string of the molecule is COC(=O)C1(S(=O)(=O)c2ccc(Cn3c(C)cc4ccccc43)cc2)CCCCC1.O=S1(=O)CCNc2ccccc21. The highest BCUT2D eigenvalue weighted by Crippen LogP contribution is 2.40. The van der Waals surface area contributed by atoms with Crippen LogP contribution < -0.4 is 5.32 Å². The molecule has 1 aliphatic carbocycles. The number of methoxy groups -OCH3 is 1. The highest BCUT2D eigenvalue weighted by Gasteiger charge is 2.52. The number of nitrogens with one attached hydrogen (secondary N) is 1. The zero-order valence-corrected chi connectivity index (χ0v) is 25.5. The van der Waals surface area contributed by atoms with Gasteiger partial charge >= 0.3 is 5.97 Å². The Hall–Kier alpha value is -3.63. The van der Waals surface area contributed by atoms with Crippen LogP contribution in [0.3, 0.4) is 0 Å². The molecule has 2 heterocycles. The monoisotopic (exact) mass is 608 g/mol. The van der Waals surface area contributed by atoms with E-state index < -0.39 is 30.4 Å². The number of fused-ring (bicyclic) bond motifs is 2. The number of para-hydroxylation sites is 2. The van der Waals surface area contributed by atoms with E-state index in [1.54, 1.807) is 30.3 Å². The van der Waals surface area contributed by atoms with Gasteiger partial charge in [-0.15, -0.1) is 0 Å². The predicted octanol–water partition coefficient (Wildman–Crippen LogP) is 5.53. The summed E-state index contributed by atoms with van der Waals surface area (Å²) in [5.41, 5.74) is 4.04. The van der Waals surface area contributed by atoms with Crippen LogP contribution in [0.2, 0.25) is 0 Å². The number of nitrogens with zero attached hydrogens (tertiary/aromatic N) is 1. The van der Waals surface area contributed by atoms with Crippen molar-refractivity contribution in [2.75, 3.05) is 24.7 Å². The fourth-order valence-electron chi connectivity index (χ4n) is 5.95. The molecule has 1 saturated carbocycles. The molecule has 1 fully saturated rings. The number of aromatic nitrogens is 1. The first-order valence-corrected chi connectivity index (χ1v) is 17.3. The van der Waals surface area contributed by atoms with Crippen LogP contribution in [0.5, 0.6) is 0 Å². The third-order valence-electron chi connectivity index (χ3n) is 8.23. The summed E-state index contributed by atoms with van der Waals surface area (Å²) in [6.45, 7) is 3.24. The molecule has 42 heavy (non-hydrogen) atoms. The molecular weight excluding hydrogens is 572 g/mol. The Morgan fingerprint density at radius 1 is 0.952 bits per heavy atom. The predicted molar refractivity (Wildman–Crippen MR) is 164 cm³/mol. The van der Waals surface area contributed by atoms with Crippen molar-refractivity contribution in [2.45, 2.75) is 60.1 Å². The Labute approximate surface area is 247 Å². The first kappa shape index (κ1) is 29.8. The molecular formula is C32H36N2O6S2. The molecule has 0 unspecified atom stereocenters. The molecule has 2 aliphatic rings. The smallest absolute Gasteiger partial charge is 0.327 e. The van der Waals surface area contributed by atoms with Crippen LogP contribution in [0.15, 0.2) is 88.7 Å². The van der Waals surface area contributed by atoms with Gasteiger partial charge in [-0.1, -0.05) is 61.7 Å². The fraction of sp³-hybridized carbons (Fsp3) is 0.344. The quantitative estimate of drug-likeness (QED) is 0.297. The summed E-state index contributed by atoms with van der Waals surface area (Å²) in [5.74, 6) is -0.440. The van der Waals surface area contributed by atoms with Gasteiger partial charge in [0.15, 0.2) is 24.4 Å². The van der Waals surface area contributed by atoms with Crippen molar-refractivity contribution >= 4 is 42.2 Å². The van der Waals surface area contributed by atoms with Crippen molar-refractivity contribution < 1.29 is 26.4 Å². The van der Waals surface area contributed by atoms with Gasteiger partial charge in [-0.05, 0) is 67.1 Å². The van der Waals surface area contributed by atoms with Gasteiger partial charge in [0.05, 0.1) is 28.3 Å². The van der Waals surface area contributed by atoms with Crippen molar-refractivity contribution in [1.82, 2.24) is 4.57 Å². The average Bonchev–Trinajstić information content (AvgIpc) is 3.32. The minimum absolute atomic E-state index is 0.188. The normalized spacial score (nSPS) is 17.3. The number of sulfone groups is 2. The molecule has 10 heteroatoms. The Balaban J connectivity index is 0.000000244. The van der Waals surface area contributed by atoms with Gasteiger partial charge in [0, 0.05) is 24.3 Å². The molecule has 0 spiro atoms. The van der Waals surface area contributed by atoms with Crippen LogP contribution in [0.25, 0.3) is 10.9 Å². The highest BCUT2D eigenvalue weighted by molar-refractivity contribution is 7.93. The fourth-order valence-corrected chi connectivity index (χ4v) is 9.37. The Kier molecular flexibility index (Phi) is 8.48. The van der Waals surface area contributed by atoms with Gasteiger partial charge in [-0.2, -0.15) is 0 Å². The zero-order chi connectivity index (χ0) is 30.0. The summed E-state index contributed by atoms with van der Waals surface area (Å²) in [5, 5.41) is 4.23. The lowest BCUT2D eigenvalue weighted by atomic mass is 9.88. The van der Waals surface area contributed by atoms with Gasteiger partial charge in [0.1, 0.15) is 0 Å². The second kappa shape index (κ2) is 11.9. The third kappa shape index (κ3) is 5.57. The minimum atomic E-state index is -3.84. The summed E-state index contributed by atoms with van der Waals surface area (Å²) >= 11 is 0. The molecule has 222 valence electrons. The van der Waals surface area contributed by atoms with E-state index in [4.69, 9.17) is 4.74 Å². The molecule has 1 aromatic heterocycles. The number of hydrogen-bond donors (Lipinski definition) is 1. The first-order valence-electron chi connectivity index (χ1n) is 14.1. The van der Waals surface area contributed by atoms with E-state index in [1.165, 1.54) is 12.5 Å². The van der Waals surface area contributed by atoms with Gasteiger partial charge in [-0.25, -0.2) is 16.8 Å². The second-order valence-corrected chi connectivity index (χ2v) is 15.2. The van der Waals surface area contributed by atoms with Gasteiger partial charge < -0.3 is 14.6 Å². The third-order valence-corrected chi connectivity index (χ3v) is 12.5. The number of hydrogen-bond acceptors (Lipinski definition) is 7. The van der Waals surface area contributed by atoms with Crippen molar-refractivity contribution in [2.24, 2.45) is 0 Å². The maximum atomic E-state index is 13.5.